The molecule has 0 radical (unpaired) electrons. The normalized spacial score (nSPS) is 12.6. The molecule has 3 rings (SSSR count). The number of alkyl halides is 3. The van der Waals surface area contributed by atoms with E-state index in [1.807, 2.05) is 0 Å². The molecule has 11 heteroatoms. The van der Waals surface area contributed by atoms with E-state index in [-0.39, 0.29) is 6.54 Å². The van der Waals surface area contributed by atoms with Crippen LogP contribution in [0.2, 0.25) is 0 Å². The molecule has 8 nitrogen and oxygen atoms in total. The summed E-state index contributed by atoms with van der Waals surface area (Å²) in [6, 6.07) is 11.2. The smallest absolute Gasteiger partial charge is 0.407 e. The second kappa shape index (κ2) is 11.4. The van der Waals surface area contributed by atoms with E-state index in [1.165, 1.54) is 4.68 Å². The maximum Gasteiger partial charge on any atom is 0.407 e. The van der Waals surface area contributed by atoms with Gasteiger partial charge in [-0.15, -0.1) is 0 Å². The molecular formula is C26H28F3N5O3. The third-order valence-corrected chi connectivity index (χ3v) is 5.33. The standard InChI is InChI=1S/C26H28F3N5O3/c1-25(2,3)37-24(36)32-20(7-10-26(27,28)29)15-34-21(16-35)22(18-8-11-31-12-9-18)23(33-34)19-6-4-5-17(13-19)14-30/h4-6,8-9,11-13,20,35H,7,10,15-16H2,1-3H3,(H,32,36)/t20-/m1/s1. The van der Waals surface area contributed by atoms with Crippen LogP contribution in [0.1, 0.15) is 44.9 Å². The second-order valence-electron chi connectivity index (χ2n) is 9.44. The summed E-state index contributed by atoms with van der Waals surface area (Å²) in [6.45, 7) is 4.33. The van der Waals surface area contributed by atoms with Crippen LogP contribution in [0.5, 0.6) is 0 Å². The van der Waals surface area contributed by atoms with Crippen molar-refractivity contribution >= 4 is 6.09 Å². The molecule has 3 aromatic rings. The van der Waals surface area contributed by atoms with Crippen molar-refractivity contribution in [1.82, 2.24) is 20.1 Å². The molecule has 2 aromatic heterocycles. The lowest BCUT2D eigenvalue weighted by Gasteiger charge is -2.24. The zero-order valence-corrected chi connectivity index (χ0v) is 20.7. The topological polar surface area (TPSA) is 113 Å². The van der Waals surface area contributed by atoms with Crippen LogP contribution >= 0.6 is 0 Å². The van der Waals surface area contributed by atoms with E-state index in [0.29, 0.717) is 33.6 Å². The van der Waals surface area contributed by atoms with Crippen molar-refractivity contribution in [3.05, 3.63) is 60.0 Å². The van der Waals surface area contributed by atoms with Gasteiger partial charge in [-0.1, -0.05) is 12.1 Å². The SMILES string of the molecule is CC(C)(C)OC(=O)N[C@H](CCC(F)(F)F)Cn1nc(-c2cccc(C#N)c2)c(-c2ccncc2)c1CO. The average Bonchev–Trinajstić information content (AvgIpc) is 3.19. The Kier molecular flexibility index (Phi) is 8.55. The van der Waals surface area contributed by atoms with Gasteiger partial charge in [0.05, 0.1) is 36.5 Å². The second-order valence-corrected chi connectivity index (χ2v) is 9.44. The summed E-state index contributed by atoms with van der Waals surface area (Å²) in [5, 5.41) is 26.8. The van der Waals surface area contributed by atoms with Crippen molar-refractivity contribution < 1.29 is 27.8 Å². The van der Waals surface area contributed by atoms with Crippen LogP contribution < -0.4 is 5.32 Å². The molecule has 0 saturated carbocycles. The van der Waals surface area contributed by atoms with Crippen molar-refractivity contribution in [2.45, 2.75) is 64.6 Å². The fraction of sp³-hybridized carbons (Fsp3) is 0.385. The molecule has 2 heterocycles. The fourth-order valence-electron chi connectivity index (χ4n) is 3.80. The molecule has 37 heavy (non-hydrogen) atoms. The third-order valence-electron chi connectivity index (χ3n) is 5.33. The number of hydrogen-bond acceptors (Lipinski definition) is 6. The van der Waals surface area contributed by atoms with E-state index < -0.39 is 43.4 Å². The first-order valence-corrected chi connectivity index (χ1v) is 11.6. The predicted molar refractivity (Wildman–Crippen MR) is 130 cm³/mol. The number of halogens is 3. The molecule has 0 aliphatic heterocycles. The van der Waals surface area contributed by atoms with Crippen LogP contribution in [0.25, 0.3) is 22.4 Å². The number of alkyl carbamates (subject to hydrolysis) is 1. The van der Waals surface area contributed by atoms with Crippen LogP contribution in [-0.2, 0) is 17.9 Å². The van der Waals surface area contributed by atoms with Crippen LogP contribution in [0.15, 0.2) is 48.8 Å². The van der Waals surface area contributed by atoms with Gasteiger partial charge in [0.25, 0.3) is 0 Å². The monoisotopic (exact) mass is 515 g/mol. The van der Waals surface area contributed by atoms with Crippen LogP contribution in [0.4, 0.5) is 18.0 Å². The lowest BCUT2D eigenvalue weighted by atomic mass is 9.99. The highest BCUT2D eigenvalue weighted by molar-refractivity contribution is 5.83. The summed E-state index contributed by atoms with van der Waals surface area (Å²) >= 11 is 0. The molecule has 0 spiro atoms. The van der Waals surface area contributed by atoms with Gasteiger partial charge in [0.1, 0.15) is 11.3 Å². The van der Waals surface area contributed by atoms with Crippen LogP contribution in [0, 0.1) is 11.3 Å². The van der Waals surface area contributed by atoms with Crippen LogP contribution in [0.3, 0.4) is 0 Å². The number of carbonyl (C=O) groups is 1. The van der Waals surface area contributed by atoms with Gasteiger partial charge in [-0.2, -0.15) is 23.5 Å². The first kappa shape index (κ1) is 27.7. The Morgan fingerprint density at radius 3 is 2.49 bits per heavy atom. The Hall–Kier alpha value is -3.91. The zero-order chi connectivity index (χ0) is 27.2. The summed E-state index contributed by atoms with van der Waals surface area (Å²) in [5.74, 6) is 0. The van der Waals surface area contributed by atoms with Gasteiger partial charge in [-0.25, -0.2) is 4.79 Å². The molecule has 0 fully saturated rings. The number of rotatable bonds is 8. The van der Waals surface area contributed by atoms with E-state index >= 15 is 0 Å². The zero-order valence-electron chi connectivity index (χ0n) is 20.7. The molecule has 1 atom stereocenters. The van der Waals surface area contributed by atoms with Crippen molar-refractivity contribution in [2.24, 2.45) is 0 Å². The van der Waals surface area contributed by atoms with Crippen molar-refractivity contribution in [3.63, 3.8) is 0 Å². The number of carbonyl (C=O) groups excluding carboxylic acids is 1. The maximum absolute atomic E-state index is 13.1. The van der Waals surface area contributed by atoms with E-state index in [1.54, 1.807) is 69.6 Å². The maximum atomic E-state index is 13.1. The minimum absolute atomic E-state index is 0.152. The molecule has 1 amide bonds. The molecule has 1 aromatic carbocycles. The molecule has 2 N–H and O–H groups in total. The summed E-state index contributed by atoms with van der Waals surface area (Å²) < 4.78 is 45.8. The molecule has 0 unspecified atom stereocenters. The van der Waals surface area contributed by atoms with E-state index in [4.69, 9.17) is 4.74 Å². The molecule has 196 valence electrons. The van der Waals surface area contributed by atoms with Gasteiger partial charge in [-0.3, -0.25) is 9.67 Å². The molecule has 0 bridgehead atoms. The highest BCUT2D eigenvalue weighted by atomic mass is 19.4. The average molecular weight is 516 g/mol. The summed E-state index contributed by atoms with van der Waals surface area (Å²) in [5.41, 5.74) is 2.14. The number of pyridine rings is 1. The van der Waals surface area contributed by atoms with Crippen molar-refractivity contribution in [1.29, 1.82) is 5.26 Å². The predicted octanol–water partition coefficient (Wildman–Crippen LogP) is 5.21. The van der Waals surface area contributed by atoms with Gasteiger partial charge in [0.2, 0.25) is 0 Å². The van der Waals surface area contributed by atoms with Crippen LogP contribution in [-0.4, -0.2) is 43.8 Å². The number of hydrogen-bond donors (Lipinski definition) is 2. The first-order chi connectivity index (χ1) is 17.4. The number of nitrogens with one attached hydrogen (secondary N) is 1. The lowest BCUT2D eigenvalue weighted by molar-refractivity contribution is -0.136. The van der Waals surface area contributed by atoms with Gasteiger partial charge >= 0.3 is 12.3 Å². The number of benzene rings is 1. The summed E-state index contributed by atoms with van der Waals surface area (Å²) in [6.07, 6.45) is -3.69. The lowest BCUT2D eigenvalue weighted by Crippen LogP contribution is -2.42. The number of aromatic nitrogens is 3. The number of nitriles is 1. The Bertz CT molecular complexity index is 1260. The molecule has 0 aliphatic rings. The van der Waals surface area contributed by atoms with Gasteiger partial charge in [-0.05, 0) is 57.0 Å². The Morgan fingerprint density at radius 1 is 1.19 bits per heavy atom. The van der Waals surface area contributed by atoms with Gasteiger partial charge in [0.15, 0.2) is 0 Å². The number of nitrogens with zero attached hydrogens (tertiary/aromatic N) is 4. The first-order valence-electron chi connectivity index (χ1n) is 11.6. The van der Waals surface area contributed by atoms with Crippen molar-refractivity contribution in [2.75, 3.05) is 0 Å². The summed E-state index contributed by atoms with van der Waals surface area (Å²) in [7, 11) is 0. The quantitative estimate of drug-likeness (QED) is 0.426. The molecular weight excluding hydrogens is 487 g/mol. The Morgan fingerprint density at radius 2 is 1.89 bits per heavy atom. The number of aliphatic hydroxyl groups is 1. The Labute approximate surface area is 212 Å². The van der Waals surface area contributed by atoms with Gasteiger partial charge in [0, 0.05) is 29.9 Å². The van der Waals surface area contributed by atoms with Crippen molar-refractivity contribution in [3.8, 4) is 28.5 Å². The largest absolute Gasteiger partial charge is 0.444 e. The highest BCUT2D eigenvalue weighted by Crippen LogP contribution is 2.35. The molecule has 0 aliphatic carbocycles. The summed E-state index contributed by atoms with van der Waals surface area (Å²) in [4.78, 5) is 16.4. The highest BCUT2D eigenvalue weighted by Gasteiger charge is 2.31. The van der Waals surface area contributed by atoms with E-state index in [2.05, 4.69) is 21.5 Å². The third kappa shape index (κ3) is 7.79. The van der Waals surface area contributed by atoms with Gasteiger partial charge < -0.3 is 15.2 Å². The number of aliphatic hydroxyl groups excluding tert-OH is 1. The minimum Gasteiger partial charge on any atom is -0.444 e. The number of ether oxygens (including phenoxy) is 1. The van der Waals surface area contributed by atoms with E-state index in [9.17, 15) is 28.3 Å². The fourth-order valence-corrected chi connectivity index (χ4v) is 3.80. The Balaban J connectivity index is 2.07. The number of amides is 1. The van der Waals surface area contributed by atoms with E-state index in [0.717, 1.165) is 0 Å². The molecule has 0 saturated heterocycles. The minimum atomic E-state index is -4.43.